The molecule has 0 bridgehead atoms. The highest BCUT2D eigenvalue weighted by Crippen LogP contribution is 2.37. The van der Waals surface area contributed by atoms with Crippen LogP contribution in [0.1, 0.15) is 33.1 Å². The standard InChI is InChI=1S/C23H23BrClN3O4/c1-12(2)31-19-9-7-13(11-17(19)25)21-27-22(32-28-21)16-4-3-5-18(20(16)24)26-15-8-6-14(10-15)23(29)30/h3-5,7,9,11-12,14-15,26H,6,8,10H2,1-2H3,(H,29,30). The first-order valence-corrected chi connectivity index (χ1v) is 11.6. The lowest BCUT2D eigenvalue weighted by molar-refractivity contribution is -0.141. The zero-order valence-electron chi connectivity index (χ0n) is 17.6. The molecule has 0 amide bonds. The Kier molecular flexibility index (Phi) is 6.71. The summed E-state index contributed by atoms with van der Waals surface area (Å²) >= 11 is 9.97. The third-order valence-electron chi connectivity index (χ3n) is 5.35. The van der Waals surface area contributed by atoms with Crippen LogP contribution >= 0.6 is 27.5 Å². The average molecular weight is 521 g/mol. The number of nitrogens with one attached hydrogen (secondary N) is 1. The normalized spacial score (nSPS) is 18.2. The number of carboxylic acid groups (broad SMARTS) is 1. The summed E-state index contributed by atoms with van der Waals surface area (Å²) < 4.78 is 12.0. The quantitative estimate of drug-likeness (QED) is 0.379. The summed E-state index contributed by atoms with van der Waals surface area (Å²) in [6, 6.07) is 11.2. The van der Waals surface area contributed by atoms with Gasteiger partial charge in [0.1, 0.15) is 5.75 Å². The SMILES string of the molecule is CC(C)Oc1ccc(-c2noc(-c3cccc(NC4CCC(C(=O)O)C4)c3Br)n2)cc1Cl. The van der Waals surface area contributed by atoms with Crippen molar-refractivity contribution < 1.29 is 19.2 Å². The average Bonchev–Trinajstić information content (AvgIpc) is 3.41. The van der Waals surface area contributed by atoms with E-state index in [1.165, 1.54) is 0 Å². The number of ether oxygens (including phenoxy) is 1. The van der Waals surface area contributed by atoms with Gasteiger partial charge in [0.15, 0.2) is 0 Å². The molecule has 2 atom stereocenters. The number of aromatic nitrogens is 2. The van der Waals surface area contributed by atoms with Crippen LogP contribution in [0.25, 0.3) is 22.8 Å². The number of benzene rings is 2. The van der Waals surface area contributed by atoms with Crippen molar-refractivity contribution >= 4 is 39.2 Å². The molecule has 1 aromatic heterocycles. The first-order chi connectivity index (χ1) is 15.3. The van der Waals surface area contributed by atoms with Gasteiger partial charge in [0.25, 0.3) is 5.89 Å². The van der Waals surface area contributed by atoms with Crippen LogP contribution in [0.15, 0.2) is 45.4 Å². The Hall–Kier alpha value is -2.58. The Morgan fingerprint density at radius 2 is 2.12 bits per heavy atom. The maximum Gasteiger partial charge on any atom is 0.306 e. The summed E-state index contributed by atoms with van der Waals surface area (Å²) in [7, 11) is 0. The van der Waals surface area contributed by atoms with E-state index in [9.17, 15) is 9.90 Å². The van der Waals surface area contributed by atoms with Gasteiger partial charge in [0.05, 0.1) is 27.1 Å². The molecule has 0 spiro atoms. The molecule has 4 rings (SSSR count). The fourth-order valence-electron chi connectivity index (χ4n) is 3.81. The number of halogens is 2. The Morgan fingerprint density at radius 1 is 1.31 bits per heavy atom. The highest BCUT2D eigenvalue weighted by Gasteiger charge is 2.30. The van der Waals surface area contributed by atoms with E-state index < -0.39 is 5.97 Å². The minimum Gasteiger partial charge on any atom is -0.489 e. The molecule has 1 aliphatic rings. The van der Waals surface area contributed by atoms with Crippen LogP contribution in [0.2, 0.25) is 5.02 Å². The van der Waals surface area contributed by atoms with Gasteiger partial charge in [-0.25, -0.2) is 0 Å². The third kappa shape index (κ3) is 4.91. The molecule has 9 heteroatoms. The van der Waals surface area contributed by atoms with E-state index in [0.717, 1.165) is 27.7 Å². The number of aliphatic carboxylic acids is 1. The van der Waals surface area contributed by atoms with Crippen LogP contribution in [0.4, 0.5) is 5.69 Å². The smallest absolute Gasteiger partial charge is 0.306 e. The fourth-order valence-corrected chi connectivity index (χ4v) is 4.58. The molecule has 3 aromatic rings. The van der Waals surface area contributed by atoms with Crippen molar-refractivity contribution in [2.75, 3.05) is 5.32 Å². The van der Waals surface area contributed by atoms with Crippen LogP contribution in [-0.4, -0.2) is 33.4 Å². The van der Waals surface area contributed by atoms with Gasteiger partial charge in [0, 0.05) is 17.3 Å². The summed E-state index contributed by atoms with van der Waals surface area (Å²) in [6.45, 7) is 3.88. The molecule has 1 heterocycles. The van der Waals surface area contributed by atoms with Crippen molar-refractivity contribution in [2.24, 2.45) is 5.92 Å². The van der Waals surface area contributed by atoms with Gasteiger partial charge >= 0.3 is 5.97 Å². The Bertz CT molecular complexity index is 1130. The molecule has 0 aliphatic heterocycles. The number of hydrogen-bond acceptors (Lipinski definition) is 6. The van der Waals surface area contributed by atoms with Crippen molar-refractivity contribution in [3.05, 3.63) is 45.9 Å². The van der Waals surface area contributed by atoms with Gasteiger partial charge in [0.2, 0.25) is 5.82 Å². The van der Waals surface area contributed by atoms with Gasteiger partial charge in [-0.15, -0.1) is 0 Å². The Morgan fingerprint density at radius 3 is 2.81 bits per heavy atom. The Balaban J connectivity index is 1.54. The number of rotatable bonds is 7. The van der Waals surface area contributed by atoms with E-state index in [1.54, 1.807) is 12.1 Å². The third-order valence-corrected chi connectivity index (χ3v) is 6.50. The first-order valence-electron chi connectivity index (χ1n) is 10.4. The lowest BCUT2D eigenvalue weighted by atomic mass is 10.1. The summed E-state index contributed by atoms with van der Waals surface area (Å²) in [6.07, 6.45) is 2.12. The molecular weight excluding hydrogens is 498 g/mol. The van der Waals surface area contributed by atoms with Crippen LogP contribution < -0.4 is 10.1 Å². The van der Waals surface area contributed by atoms with E-state index in [4.69, 9.17) is 20.9 Å². The van der Waals surface area contributed by atoms with Crippen molar-refractivity contribution in [2.45, 2.75) is 45.3 Å². The summed E-state index contributed by atoms with van der Waals surface area (Å²) in [5.74, 6) is 0.363. The minimum absolute atomic E-state index is 0.0209. The lowest BCUT2D eigenvalue weighted by Gasteiger charge is -2.16. The highest BCUT2D eigenvalue weighted by atomic mass is 79.9. The largest absolute Gasteiger partial charge is 0.489 e. The van der Waals surface area contributed by atoms with Crippen molar-refractivity contribution in [3.8, 4) is 28.6 Å². The molecule has 2 aromatic carbocycles. The van der Waals surface area contributed by atoms with Crippen LogP contribution in [0.5, 0.6) is 5.75 Å². The van der Waals surface area contributed by atoms with E-state index in [1.807, 2.05) is 38.1 Å². The molecule has 2 unspecified atom stereocenters. The predicted octanol–water partition coefficient (Wildman–Crippen LogP) is 6.27. The first kappa shape index (κ1) is 22.6. The van der Waals surface area contributed by atoms with Gasteiger partial charge in [-0.05, 0) is 79.4 Å². The maximum atomic E-state index is 11.2. The minimum atomic E-state index is -0.732. The number of nitrogens with zero attached hydrogens (tertiary/aromatic N) is 2. The lowest BCUT2D eigenvalue weighted by Crippen LogP contribution is -2.18. The maximum absolute atomic E-state index is 11.2. The molecular formula is C23H23BrClN3O4. The molecule has 32 heavy (non-hydrogen) atoms. The second-order valence-corrected chi connectivity index (χ2v) is 9.29. The van der Waals surface area contributed by atoms with Gasteiger partial charge in [-0.3, -0.25) is 4.79 Å². The number of carbonyl (C=O) groups is 1. The van der Waals surface area contributed by atoms with E-state index in [2.05, 4.69) is 31.4 Å². The van der Waals surface area contributed by atoms with Crippen molar-refractivity contribution in [1.29, 1.82) is 0 Å². The number of hydrogen-bond donors (Lipinski definition) is 2. The van der Waals surface area contributed by atoms with Gasteiger partial charge in [-0.1, -0.05) is 22.8 Å². The molecule has 2 N–H and O–H groups in total. The zero-order valence-corrected chi connectivity index (χ0v) is 20.0. The fraction of sp³-hybridized carbons (Fsp3) is 0.348. The van der Waals surface area contributed by atoms with Crippen molar-refractivity contribution in [3.63, 3.8) is 0 Å². The molecule has 168 valence electrons. The predicted molar refractivity (Wildman–Crippen MR) is 126 cm³/mol. The number of carboxylic acids is 1. The summed E-state index contributed by atoms with van der Waals surface area (Å²) in [4.78, 5) is 15.8. The van der Waals surface area contributed by atoms with Gasteiger partial charge in [-0.2, -0.15) is 4.98 Å². The molecule has 1 aliphatic carbocycles. The molecule has 0 radical (unpaired) electrons. The number of anilines is 1. The zero-order chi connectivity index (χ0) is 22.8. The van der Waals surface area contributed by atoms with E-state index in [-0.39, 0.29) is 18.1 Å². The van der Waals surface area contributed by atoms with E-state index >= 15 is 0 Å². The monoisotopic (exact) mass is 519 g/mol. The van der Waals surface area contributed by atoms with E-state index in [0.29, 0.717) is 35.3 Å². The molecule has 7 nitrogen and oxygen atoms in total. The second-order valence-electron chi connectivity index (χ2n) is 8.09. The van der Waals surface area contributed by atoms with Gasteiger partial charge < -0.3 is 19.7 Å². The summed E-state index contributed by atoms with van der Waals surface area (Å²) in [5.41, 5.74) is 2.32. The summed E-state index contributed by atoms with van der Waals surface area (Å²) in [5, 5.41) is 17.3. The molecule has 1 saturated carbocycles. The Labute approximate surface area is 199 Å². The van der Waals surface area contributed by atoms with Crippen LogP contribution in [0, 0.1) is 5.92 Å². The van der Waals surface area contributed by atoms with Crippen LogP contribution in [-0.2, 0) is 4.79 Å². The highest BCUT2D eigenvalue weighted by molar-refractivity contribution is 9.10. The molecule has 1 fully saturated rings. The second kappa shape index (κ2) is 9.50. The molecule has 0 saturated heterocycles. The van der Waals surface area contributed by atoms with Crippen LogP contribution in [0.3, 0.4) is 0 Å². The topological polar surface area (TPSA) is 97.5 Å². The van der Waals surface area contributed by atoms with Crippen molar-refractivity contribution in [1.82, 2.24) is 10.1 Å².